The van der Waals surface area contributed by atoms with E-state index in [9.17, 15) is 22.8 Å². The smallest absolute Gasteiger partial charge is 0.428 e. The van der Waals surface area contributed by atoms with Gasteiger partial charge in [0.2, 0.25) is 0 Å². The lowest BCUT2D eigenvalue weighted by molar-refractivity contribution is -0.174. The normalized spacial score (nSPS) is 16.1. The number of halogens is 3. The van der Waals surface area contributed by atoms with Gasteiger partial charge in [-0.2, -0.15) is 13.2 Å². The fourth-order valence-electron chi connectivity index (χ4n) is 1.25. The van der Waals surface area contributed by atoms with E-state index in [0.29, 0.717) is 13.1 Å². The molecular formula is C8H11F3N2O3. The molecule has 0 aliphatic carbocycles. The van der Waals surface area contributed by atoms with E-state index in [-0.39, 0.29) is 0 Å². The van der Waals surface area contributed by atoms with Crippen LogP contribution in [0.1, 0.15) is 12.8 Å². The minimum absolute atomic E-state index is 0.534. The molecular weight excluding hydrogens is 229 g/mol. The highest BCUT2D eigenvalue weighted by Gasteiger charge is 2.38. The Morgan fingerprint density at radius 2 is 1.81 bits per heavy atom. The number of rotatable bonds is 2. The molecule has 0 unspecified atom stereocenters. The molecule has 1 heterocycles. The number of ether oxygens (including phenoxy) is 1. The molecule has 1 N–H and O–H groups in total. The first kappa shape index (κ1) is 12.6. The third-order valence-corrected chi connectivity index (χ3v) is 2.05. The first-order chi connectivity index (χ1) is 7.41. The van der Waals surface area contributed by atoms with Gasteiger partial charge in [0.1, 0.15) is 0 Å². The van der Waals surface area contributed by atoms with Crippen LogP contribution in [0, 0.1) is 0 Å². The van der Waals surface area contributed by atoms with Gasteiger partial charge >= 0.3 is 18.2 Å². The number of hydrogen-bond donors (Lipinski definition) is 1. The molecule has 1 rings (SSSR count). The summed E-state index contributed by atoms with van der Waals surface area (Å²) in [6, 6.07) is 0. The maximum absolute atomic E-state index is 11.7. The zero-order chi connectivity index (χ0) is 12.2. The van der Waals surface area contributed by atoms with Gasteiger partial charge in [0, 0.05) is 13.1 Å². The van der Waals surface area contributed by atoms with Gasteiger partial charge in [0.15, 0.2) is 6.73 Å². The van der Waals surface area contributed by atoms with Gasteiger partial charge in [0.25, 0.3) is 0 Å². The summed E-state index contributed by atoms with van der Waals surface area (Å²) in [6.07, 6.45) is -3.96. The Morgan fingerprint density at radius 3 is 2.31 bits per heavy atom. The second-order valence-corrected chi connectivity index (χ2v) is 3.25. The van der Waals surface area contributed by atoms with Crippen LogP contribution in [0.3, 0.4) is 0 Å². The summed E-state index contributed by atoms with van der Waals surface area (Å²) in [5.41, 5.74) is 0. The van der Waals surface area contributed by atoms with Crippen molar-refractivity contribution in [1.29, 1.82) is 0 Å². The zero-order valence-electron chi connectivity index (χ0n) is 8.34. The van der Waals surface area contributed by atoms with E-state index in [2.05, 4.69) is 4.74 Å². The lowest BCUT2D eigenvalue weighted by atomic mass is 10.4. The highest BCUT2D eigenvalue weighted by Crippen LogP contribution is 2.14. The van der Waals surface area contributed by atoms with Crippen LogP contribution in [0.15, 0.2) is 0 Å². The molecule has 5 nitrogen and oxygen atoms in total. The quantitative estimate of drug-likeness (QED) is 0.728. The third-order valence-electron chi connectivity index (χ3n) is 2.05. The van der Waals surface area contributed by atoms with Crippen molar-refractivity contribution in [3.8, 4) is 0 Å². The third kappa shape index (κ3) is 3.59. The average molecular weight is 240 g/mol. The number of alkyl halides is 3. The van der Waals surface area contributed by atoms with Crippen molar-refractivity contribution in [3.05, 3.63) is 0 Å². The van der Waals surface area contributed by atoms with Crippen LogP contribution in [0.5, 0.6) is 0 Å². The molecule has 1 saturated heterocycles. The fourth-order valence-corrected chi connectivity index (χ4v) is 1.25. The second kappa shape index (κ2) is 5.04. The fraction of sp³-hybridized carbons (Fsp3) is 0.750. The van der Waals surface area contributed by atoms with E-state index in [4.69, 9.17) is 0 Å². The molecule has 8 heteroatoms. The predicted molar refractivity (Wildman–Crippen MR) is 46.4 cm³/mol. The molecule has 92 valence electrons. The Labute approximate surface area is 89.5 Å². The average Bonchev–Trinajstić information content (AvgIpc) is 2.68. The molecule has 0 saturated carbocycles. The van der Waals surface area contributed by atoms with E-state index in [1.54, 1.807) is 0 Å². The standard InChI is InChI=1S/C8H11F3N2O3/c9-8(10,11)6(14)12-5-16-7(15)13-3-1-2-4-13/h1-5H2,(H,12,14). The van der Waals surface area contributed by atoms with E-state index in [1.165, 1.54) is 10.2 Å². The maximum atomic E-state index is 11.7. The Balaban J connectivity index is 2.20. The van der Waals surface area contributed by atoms with Crippen LogP contribution in [-0.4, -0.2) is 42.9 Å². The van der Waals surface area contributed by atoms with Crippen LogP contribution in [0.25, 0.3) is 0 Å². The van der Waals surface area contributed by atoms with Crippen molar-refractivity contribution >= 4 is 12.0 Å². The number of carbonyl (C=O) groups excluding carboxylic acids is 2. The topological polar surface area (TPSA) is 58.6 Å². The van der Waals surface area contributed by atoms with Crippen LogP contribution < -0.4 is 5.32 Å². The van der Waals surface area contributed by atoms with Crippen molar-refractivity contribution in [1.82, 2.24) is 10.2 Å². The molecule has 0 aromatic carbocycles. The van der Waals surface area contributed by atoms with Crippen LogP contribution in [0.4, 0.5) is 18.0 Å². The number of carbonyl (C=O) groups is 2. The number of likely N-dealkylation sites (tertiary alicyclic amines) is 1. The Bertz CT molecular complexity index is 274. The van der Waals surface area contributed by atoms with Gasteiger partial charge in [0.05, 0.1) is 0 Å². The molecule has 1 aliphatic rings. The molecule has 0 spiro atoms. The Morgan fingerprint density at radius 1 is 1.25 bits per heavy atom. The van der Waals surface area contributed by atoms with Gasteiger partial charge in [-0.3, -0.25) is 4.79 Å². The molecule has 0 aromatic heterocycles. The highest BCUT2D eigenvalue weighted by molar-refractivity contribution is 5.81. The largest absolute Gasteiger partial charge is 0.471 e. The summed E-state index contributed by atoms with van der Waals surface area (Å²) >= 11 is 0. The maximum Gasteiger partial charge on any atom is 0.471 e. The predicted octanol–water partition coefficient (Wildman–Crippen LogP) is 0.855. The summed E-state index contributed by atoms with van der Waals surface area (Å²) in [5, 5.41) is 1.44. The van der Waals surface area contributed by atoms with Crippen LogP contribution in [-0.2, 0) is 9.53 Å². The number of nitrogens with one attached hydrogen (secondary N) is 1. The number of amides is 2. The van der Waals surface area contributed by atoms with Crippen molar-refractivity contribution in [3.63, 3.8) is 0 Å². The first-order valence-electron chi connectivity index (χ1n) is 4.68. The Hall–Kier alpha value is -1.47. The van der Waals surface area contributed by atoms with E-state index in [0.717, 1.165) is 12.8 Å². The van der Waals surface area contributed by atoms with Crippen LogP contribution in [0.2, 0.25) is 0 Å². The molecule has 0 aromatic rings. The zero-order valence-corrected chi connectivity index (χ0v) is 8.34. The van der Waals surface area contributed by atoms with Crippen molar-refractivity contribution in [2.45, 2.75) is 19.0 Å². The number of nitrogens with zero attached hydrogens (tertiary/aromatic N) is 1. The lowest BCUT2D eigenvalue weighted by Gasteiger charge is -2.15. The summed E-state index contributed by atoms with van der Waals surface area (Å²) in [6.45, 7) is 0.297. The van der Waals surface area contributed by atoms with Crippen molar-refractivity contribution in [2.24, 2.45) is 0 Å². The minimum atomic E-state index is -4.96. The van der Waals surface area contributed by atoms with Gasteiger partial charge in [-0.15, -0.1) is 0 Å². The minimum Gasteiger partial charge on any atom is -0.428 e. The summed E-state index contributed by atoms with van der Waals surface area (Å²) in [7, 11) is 0. The van der Waals surface area contributed by atoms with Crippen molar-refractivity contribution in [2.75, 3.05) is 19.8 Å². The lowest BCUT2D eigenvalue weighted by Crippen LogP contribution is -2.40. The van der Waals surface area contributed by atoms with E-state index >= 15 is 0 Å². The summed E-state index contributed by atoms with van der Waals surface area (Å²) in [4.78, 5) is 22.8. The monoisotopic (exact) mass is 240 g/mol. The second-order valence-electron chi connectivity index (χ2n) is 3.25. The summed E-state index contributed by atoms with van der Waals surface area (Å²) < 4.78 is 39.6. The molecule has 1 fully saturated rings. The van der Waals surface area contributed by atoms with Gasteiger partial charge in [-0.1, -0.05) is 0 Å². The molecule has 16 heavy (non-hydrogen) atoms. The molecule has 0 atom stereocenters. The molecule has 0 radical (unpaired) electrons. The Kier molecular flexibility index (Phi) is 3.97. The van der Waals surface area contributed by atoms with Gasteiger partial charge in [-0.25, -0.2) is 4.79 Å². The molecule has 1 aliphatic heterocycles. The first-order valence-corrected chi connectivity index (χ1v) is 4.68. The summed E-state index contributed by atoms with van der Waals surface area (Å²) in [5.74, 6) is -2.12. The van der Waals surface area contributed by atoms with E-state index in [1.807, 2.05) is 0 Å². The van der Waals surface area contributed by atoms with Crippen LogP contribution >= 0.6 is 0 Å². The van der Waals surface area contributed by atoms with Crippen molar-refractivity contribution < 1.29 is 27.5 Å². The molecule has 0 bridgehead atoms. The van der Waals surface area contributed by atoms with Gasteiger partial charge < -0.3 is 15.0 Å². The SMILES string of the molecule is O=C(OCNC(=O)C(F)(F)F)N1CCCC1. The highest BCUT2D eigenvalue weighted by atomic mass is 19.4. The molecule has 2 amide bonds. The van der Waals surface area contributed by atoms with Gasteiger partial charge in [-0.05, 0) is 12.8 Å². The number of hydrogen-bond acceptors (Lipinski definition) is 3. The van der Waals surface area contributed by atoms with E-state index < -0.39 is 24.9 Å².